The Kier molecular flexibility index (Phi) is 5.05. The molecule has 0 saturated heterocycles. The summed E-state index contributed by atoms with van der Waals surface area (Å²) >= 11 is 0. The van der Waals surface area contributed by atoms with Gasteiger partial charge in [0.2, 0.25) is 0 Å². The third-order valence-corrected chi connectivity index (χ3v) is 3.74. The predicted octanol–water partition coefficient (Wildman–Crippen LogP) is 5.43. The highest BCUT2D eigenvalue weighted by Gasteiger charge is 2.09. The molecular formula is C16H26. The van der Waals surface area contributed by atoms with E-state index in [0.717, 1.165) is 6.42 Å². The average molecular weight is 218 g/mol. The van der Waals surface area contributed by atoms with Crippen LogP contribution in [0.3, 0.4) is 0 Å². The van der Waals surface area contributed by atoms with Gasteiger partial charge in [-0.05, 0) is 59.3 Å². The van der Waals surface area contributed by atoms with Crippen molar-refractivity contribution < 1.29 is 0 Å². The molecule has 0 aromatic heterocycles. The van der Waals surface area contributed by atoms with E-state index in [1.165, 1.54) is 30.4 Å². The Balaban J connectivity index is 2.92. The lowest BCUT2D eigenvalue weighted by atomic mass is 9.88. The molecule has 1 rings (SSSR count). The van der Waals surface area contributed by atoms with Gasteiger partial charge in [0.05, 0.1) is 0 Å². The van der Waals surface area contributed by atoms with Gasteiger partial charge in [-0.15, -0.1) is 0 Å². The van der Waals surface area contributed by atoms with E-state index >= 15 is 0 Å². The Labute approximate surface area is 101 Å². The SMILES string of the molecule is CC(C)=C1C/C=C(\C)CC/C=C(\C)C(C)C1. The molecule has 1 aliphatic carbocycles. The summed E-state index contributed by atoms with van der Waals surface area (Å²) in [7, 11) is 0. The zero-order valence-electron chi connectivity index (χ0n) is 11.6. The molecule has 0 spiro atoms. The van der Waals surface area contributed by atoms with Gasteiger partial charge < -0.3 is 0 Å². The molecule has 0 aliphatic heterocycles. The van der Waals surface area contributed by atoms with Crippen LogP contribution in [0.25, 0.3) is 0 Å². The fourth-order valence-electron chi connectivity index (χ4n) is 2.15. The zero-order chi connectivity index (χ0) is 12.1. The van der Waals surface area contributed by atoms with E-state index in [4.69, 9.17) is 0 Å². The molecule has 0 radical (unpaired) electrons. The molecule has 0 amide bonds. The van der Waals surface area contributed by atoms with E-state index in [1.807, 2.05) is 0 Å². The van der Waals surface area contributed by atoms with Crippen LogP contribution in [0.2, 0.25) is 0 Å². The van der Waals surface area contributed by atoms with Gasteiger partial charge in [0.15, 0.2) is 0 Å². The van der Waals surface area contributed by atoms with Crippen molar-refractivity contribution in [2.24, 2.45) is 5.92 Å². The molecule has 0 saturated carbocycles. The minimum Gasteiger partial charge on any atom is -0.0850 e. The van der Waals surface area contributed by atoms with Crippen LogP contribution in [0.5, 0.6) is 0 Å². The Morgan fingerprint density at radius 2 is 1.88 bits per heavy atom. The zero-order valence-corrected chi connectivity index (χ0v) is 11.6. The predicted molar refractivity (Wildman–Crippen MR) is 73.5 cm³/mol. The van der Waals surface area contributed by atoms with Crippen molar-refractivity contribution in [2.45, 2.75) is 60.3 Å². The summed E-state index contributed by atoms with van der Waals surface area (Å²) in [5, 5.41) is 0. The second-order valence-electron chi connectivity index (χ2n) is 5.45. The van der Waals surface area contributed by atoms with E-state index in [0.29, 0.717) is 5.92 Å². The lowest BCUT2D eigenvalue weighted by Gasteiger charge is -2.18. The minimum atomic E-state index is 0.705. The van der Waals surface area contributed by atoms with Gasteiger partial charge in [0, 0.05) is 0 Å². The average Bonchev–Trinajstić information content (AvgIpc) is 2.22. The quantitative estimate of drug-likeness (QED) is 0.476. The highest BCUT2D eigenvalue weighted by molar-refractivity contribution is 5.20. The Hall–Kier alpha value is -0.780. The first-order chi connectivity index (χ1) is 7.50. The third kappa shape index (κ3) is 4.00. The van der Waals surface area contributed by atoms with E-state index in [1.54, 1.807) is 11.1 Å². The Morgan fingerprint density at radius 3 is 2.50 bits per heavy atom. The Morgan fingerprint density at radius 1 is 1.19 bits per heavy atom. The maximum Gasteiger partial charge on any atom is -0.0134 e. The van der Waals surface area contributed by atoms with Crippen LogP contribution in [-0.2, 0) is 0 Å². The Bertz CT molecular complexity index is 322. The number of hydrogen-bond acceptors (Lipinski definition) is 0. The van der Waals surface area contributed by atoms with Gasteiger partial charge in [0.1, 0.15) is 0 Å². The molecule has 0 aromatic rings. The molecule has 0 bridgehead atoms. The van der Waals surface area contributed by atoms with Gasteiger partial charge in [0.25, 0.3) is 0 Å². The molecule has 0 nitrogen and oxygen atoms in total. The summed E-state index contributed by atoms with van der Waals surface area (Å²) in [5.41, 5.74) is 6.23. The van der Waals surface area contributed by atoms with Crippen LogP contribution in [-0.4, -0.2) is 0 Å². The van der Waals surface area contributed by atoms with Crippen LogP contribution in [0.1, 0.15) is 60.3 Å². The van der Waals surface area contributed by atoms with Crippen LogP contribution < -0.4 is 0 Å². The molecule has 1 atom stereocenters. The smallest absolute Gasteiger partial charge is 0.0134 e. The van der Waals surface area contributed by atoms with Crippen LogP contribution in [0.15, 0.2) is 34.4 Å². The lowest BCUT2D eigenvalue weighted by Crippen LogP contribution is -2.01. The lowest BCUT2D eigenvalue weighted by molar-refractivity contribution is 0.651. The van der Waals surface area contributed by atoms with Crippen LogP contribution in [0, 0.1) is 5.92 Å². The molecular weight excluding hydrogens is 192 g/mol. The van der Waals surface area contributed by atoms with Crippen LogP contribution in [0.4, 0.5) is 0 Å². The summed E-state index contributed by atoms with van der Waals surface area (Å²) in [6.45, 7) is 11.4. The number of allylic oxidation sites excluding steroid dienone is 6. The van der Waals surface area contributed by atoms with E-state index in [9.17, 15) is 0 Å². The van der Waals surface area contributed by atoms with Crippen molar-refractivity contribution in [1.82, 2.24) is 0 Å². The number of hydrogen-bond donors (Lipinski definition) is 0. The fraction of sp³-hybridized carbons (Fsp3) is 0.625. The maximum absolute atomic E-state index is 2.43. The molecule has 1 unspecified atom stereocenters. The monoisotopic (exact) mass is 218 g/mol. The topological polar surface area (TPSA) is 0 Å². The van der Waals surface area contributed by atoms with E-state index < -0.39 is 0 Å². The molecule has 0 heterocycles. The van der Waals surface area contributed by atoms with Crippen molar-refractivity contribution in [3.8, 4) is 0 Å². The summed E-state index contributed by atoms with van der Waals surface area (Å²) in [6, 6.07) is 0. The summed E-state index contributed by atoms with van der Waals surface area (Å²) in [5.74, 6) is 0.705. The summed E-state index contributed by atoms with van der Waals surface area (Å²) < 4.78 is 0. The standard InChI is InChI=1S/C16H26/c1-12(2)16-10-9-13(3)7-6-8-14(4)15(5)11-16/h8-9,15H,6-7,10-11H2,1-5H3/b13-9+,14-8+. The largest absolute Gasteiger partial charge is 0.0850 e. The van der Waals surface area contributed by atoms with Crippen molar-refractivity contribution in [3.63, 3.8) is 0 Å². The molecule has 0 aromatic carbocycles. The van der Waals surface area contributed by atoms with Crippen molar-refractivity contribution >= 4 is 0 Å². The second kappa shape index (κ2) is 6.08. The summed E-state index contributed by atoms with van der Waals surface area (Å²) in [4.78, 5) is 0. The first-order valence-electron chi connectivity index (χ1n) is 6.48. The fourth-order valence-corrected chi connectivity index (χ4v) is 2.15. The molecule has 0 heteroatoms. The summed E-state index contributed by atoms with van der Waals surface area (Å²) in [6.07, 6.45) is 9.67. The number of rotatable bonds is 0. The maximum atomic E-state index is 2.43. The van der Waals surface area contributed by atoms with E-state index in [-0.39, 0.29) is 0 Å². The van der Waals surface area contributed by atoms with Gasteiger partial charge in [-0.2, -0.15) is 0 Å². The molecule has 0 N–H and O–H groups in total. The van der Waals surface area contributed by atoms with Gasteiger partial charge in [-0.25, -0.2) is 0 Å². The molecule has 0 fully saturated rings. The van der Waals surface area contributed by atoms with Gasteiger partial charge in [-0.1, -0.05) is 41.4 Å². The van der Waals surface area contributed by atoms with Gasteiger partial charge in [-0.3, -0.25) is 0 Å². The van der Waals surface area contributed by atoms with E-state index in [2.05, 4.69) is 46.8 Å². The first kappa shape index (κ1) is 13.3. The third-order valence-electron chi connectivity index (χ3n) is 3.74. The van der Waals surface area contributed by atoms with Gasteiger partial charge >= 0.3 is 0 Å². The highest BCUT2D eigenvalue weighted by Crippen LogP contribution is 2.26. The molecule has 90 valence electrons. The molecule has 1 aliphatic rings. The van der Waals surface area contributed by atoms with Crippen molar-refractivity contribution in [3.05, 3.63) is 34.4 Å². The van der Waals surface area contributed by atoms with Crippen LogP contribution >= 0.6 is 0 Å². The minimum absolute atomic E-state index is 0.705. The first-order valence-corrected chi connectivity index (χ1v) is 6.48. The van der Waals surface area contributed by atoms with Crippen molar-refractivity contribution in [1.29, 1.82) is 0 Å². The highest BCUT2D eigenvalue weighted by atomic mass is 14.2. The normalized spacial score (nSPS) is 30.1. The molecule has 16 heavy (non-hydrogen) atoms. The second-order valence-corrected chi connectivity index (χ2v) is 5.45. The van der Waals surface area contributed by atoms with Crippen molar-refractivity contribution in [2.75, 3.05) is 0 Å².